The van der Waals surface area contributed by atoms with Crippen molar-refractivity contribution in [2.45, 2.75) is 0 Å². The SMILES string of the molecule is c1ccc(-n2c3ccccc3c3cc(-c4ccc(-n5c6ccccc6c6c7sc8ccccc8c7ccc65)cc4)ccc32)cc1. The summed E-state index contributed by atoms with van der Waals surface area (Å²) in [6.07, 6.45) is 0. The van der Waals surface area contributed by atoms with Crippen LogP contribution in [0.3, 0.4) is 0 Å². The highest BCUT2D eigenvalue weighted by atomic mass is 32.1. The number of para-hydroxylation sites is 3. The normalized spacial score (nSPS) is 12.0. The summed E-state index contributed by atoms with van der Waals surface area (Å²) < 4.78 is 7.50. The van der Waals surface area contributed by atoms with Crippen molar-refractivity contribution in [3.8, 4) is 22.5 Å². The predicted octanol–water partition coefficient (Wildman–Crippen LogP) is 11.9. The fourth-order valence-corrected chi connectivity index (χ4v) is 8.58. The summed E-state index contributed by atoms with van der Waals surface area (Å²) in [4.78, 5) is 0. The van der Waals surface area contributed by atoms with E-state index >= 15 is 0 Å². The van der Waals surface area contributed by atoms with Gasteiger partial charge >= 0.3 is 0 Å². The summed E-state index contributed by atoms with van der Waals surface area (Å²) in [5.74, 6) is 0. The second-order valence-corrected chi connectivity index (χ2v) is 12.8. The molecule has 3 heteroatoms. The lowest BCUT2D eigenvalue weighted by Crippen LogP contribution is -1.94. The number of aromatic nitrogens is 2. The van der Waals surface area contributed by atoms with Crippen LogP contribution in [0.5, 0.6) is 0 Å². The average molecular weight is 591 g/mol. The Hall–Kier alpha value is -5.64. The van der Waals surface area contributed by atoms with Gasteiger partial charge in [0, 0.05) is 53.1 Å². The standard InChI is InChI=1S/C42H26N2S/c1-2-10-29(11-3-1)43-36-15-7-4-12-31(36)35-26-28(20-24-38(35)43)27-18-21-30(22-19-27)44-37-16-8-5-14-34(37)41-39(44)25-23-33-32-13-6-9-17-40(32)45-42(33)41/h1-26H. The first-order valence-corrected chi connectivity index (χ1v) is 16.2. The molecule has 0 aliphatic rings. The number of fused-ring (bicyclic) bond motifs is 10. The zero-order valence-electron chi connectivity index (χ0n) is 24.3. The Kier molecular flexibility index (Phi) is 5.19. The summed E-state index contributed by atoms with van der Waals surface area (Å²) in [5, 5.41) is 7.86. The van der Waals surface area contributed by atoms with E-state index in [1.807, 2.05) is 11.3 Å². The van der Waals surface area contributed by atoms with Gasteiger partial charge in [-0.25, -0.2) is 0 Å². The molecule has 0 saturated carbocycles. The van der Waals surface area contributed by atoms with Crippen LogP contribution < -0.4 is 0 Å². The van der Waals surface area contributed by atoms with Crippen LogP contribution in [0, 0.1) is 0 Å². The van der Waals surface area contributed by atoms with E-state index in [0.29, 0.717) is 0 Å². The van der Waals surface area contributed by atoms with Gasteiger partial charge in [0.25, 0.3) is 0 Å². The molecule has 0 radical (unpaired) electrons. The summed E-state index contributed by atoms with van der Waals surface area (Å²) in [5.41, 5.74) is 9.72. The van der Waals surface area contributed by atoms with Crippen molar-refractivity contribution in [2.75, 3.05) is 0 Å². The summed E-state index contributed by atoms with van der Waals surface area (Å²) in [7, 11) is 0. The maximum Gasteiger partial charge on any atom is 0.0555 e. The van der Waals surface area contributed by atoms with E-state index in [1.165, 1.54) is 86.3 Å². The number of thiophene rings is 1. The number of nitrogens with zero attached hydrogens (tertiary/aromatic N) is 2. The average Bonchev–Trinajstić information content (AvgIpc) is 3.76. The number of hydrogen-bond acceptors (Lipinski definition) is 1. The minimum Gasteiger partial charge on any atom is -0.309 e. The van der Waals surface area contributed by atoms with Gasteiger partial charge in [-0.3, -0.25) is 0 Å². The van der Waals surface area contributed by atoms with Crippen LogP contribution in [0.4, 0.5) is 0 Å². The minimum atomic E-state index is 1.17. The Balaban J connectivity index is 1.13. The number of hydrogen-bond donors (Lipinski definition) is 0. The molecule has 10 rings (SSSR count). The van der Waals surface area contributed by atoms with Crippen molar-refractivity contribution in [1.29, 1.82) is 0 Å². The number of rotatable bonds is 3. The maximum atomic E-state index is 2.43. The molecular formula is C42H26N2S. The zero-order valence-corrected chi connectivity index (χ0v) is 25.1. The van der Waals surface area contributed by atoms with E-state index in [1.54, 1.807) is 0 Å². The first-order chi connectivity index (χ1) is 22.3. The van der Waals surface area contributed by atoms with Gasteiger partial charge in [-0.1, -0.05) is 97.1 Å². The van der Waals surface area contributed by atoms with Crippen molar-refractivity contribution < 1.29 is 0 Å². The van der Waals surface area contributed by atoms with Crippen molar-refractivity contribution in [2.24, 2.45) is 0 Å². The molecule has 0 aliphatic heterocycles. The van der Waals surface area contributed by atoms with Gasteiger partial charge in [-0.15, -0.1) is 11.3 Å². The molecule has 45 heavy (non-hydrogen) atoms. The molecule has 0 N–H and O–H groups in total. The second kappa shape index (κ2) is 9.43. The molecule has 3 heterocycles. The highest BCUT2D eigenvalue weighted by molar-refractivity contribution is 7.26. The number of benzene rings is 7. The molecule has 0 unspecified atom stereocenters. The lowest BCUT2D eigenvalue weighted by Gasteiger charge is -2.10. The minimum absolute atomic E-state index is 1.17. The molecule has 0 aliphatic carbocycles. The Morgan fingerprint density at radius 1 is 0.356 bits per heavy atom. The Morgan fingerprint density at radius 2 is 0.933 bits per heavy atom. The van der Waals surface area contributed by atoms with E-state index in [4.69, 9.17) is 0 Å². The highest BCUT2D eigenvalue weighted by Gasteiger charge is 2.18. The molecule has 7 aromatic carbocycles. The van der Waals surface area contributed by atoms with Crippen LogP contribution in [0.1, 0.15) is 0 Å². The third-order valence-corrected chi connectivity index (χ3v) is 10.5. The Labute approximate surface area is 263 Å². The van der Waals surface area contributed by atoms with Gasteiger partial charge in [0.15, 0.2) is 0 Å². The fourth-order valence-electron chi connectivity index (χ4n) is 7.32. The lowest BCUT2D eigenvalue weighted by molar-refractivity contribution is 1.18. The molecule has 0 bridgehead atoms. The molecule has 3 aromatic heterocycles. The molecule has 0 amide bonds. The van der Waals surface area contributed by atoms with E-state index < -0.39 is 0 Å². The van der Waals surface area contributed by atoms with E-state index in [-0.39, 0.29) is 0 Å². The van der Waals surface area contributed by atoms with Gasteiger partial charge in [0.05, 0.1) is 22.1 Å². The van der Waals surface area contributed by atoms with Crippen LogP contribution in [-0.4, -0.2) is 9.13 Å². The van der Waals surface area contributed by atoms with E-state index in [2.05, 4.69) is 167 Å². The first kappa shape index (κ1) is 24.8. The van der Waals surface area contributed by atoms with Crippen LogP contribution in [0.15, 0.2) is 158 Å². The fraction of sp³-hybridized carbons (Fsp3) is 0. The Bertz CT molecular complexity index is 2740. The predicted molar refractivity (Wildman–Crippen MR) is 193 cm³/mol. The van der Waals surface area contributed by atoms with Gasteiger partial charge in [0.1, 0.15) is 0 Å². The molecule has 0 saturated heterocycles. The topological polar surface area (TPSA) is 9.86 Å². The molecular weight excluding hydrogens is 565 g/mol. The lowest BCUT2D eigenvalue weighted by atomic mass is 10.0. The molecule has 2 nitrogen and oxygen atoms in total. The van der Waals surface area contributed by atoms with Gasteiger partial charge in [0.2, 0.25) is 0 Å². The second-order valence-electron chi connectivity index (χ2n) is 11.8. The molecule has 10 aromatic rings. The highest BCUT2D eigenvalue weighted by Crippen LogP contribution is 2.43. The third kappa shape index (κ3) is 3.56. The van der Waals surface area contributed by atoms with Gasteiger partial charge in [-0.2, -0.15) is 0 Å². The third-order valence-electron chi connectivity index (χ3n) is 9.33. The van der Waals surface area contributed by atoms with Crippen LogP contribution >= 0.6 is 11.3 Å². The summed E-state index contributed by atoms with van der Waals surface area (Å²) in [6.45, 7) is 0. The largest absolute Gasteiger partial charge is 0.309 e. The van der Waals surface area contributed by atoms with Crippen molar-refractivity contribution >= 4 is 75.1 Å². The van der Waals surface area contributed by atoms with Crippen molar-refractivity contribution in [3.05, 3.63) is 158 Å². The van der Waals surface area contributed by atoms with E-state index in [9.17, 15) is 0 Å². The quantitative estimate of drug-likeness (QED) is 0.194. The van der Waals surface area contributed by atoms with Crippen molar-refractivity contribution in [1.82, 2.24) is 9.13 Å². The van der Waals surface area contributed by atoms with Gasteiger partial charge in [-0.05, 0) is 71.8 Å². The Morgan fingerprint density at radius 3 is 1.76 bits per heavy atom. The summed E-state index contributed by atoms with van der Waals surface area (Å²) in [6, 6.07) is 57.5. The monoisotopic (exact) mass is 590 g/mol. The molecule has 0 spiro atoms. The van der Waals surface area contributed by atoms with E-state index in [0.717, 1.165) is 0 Å². The smallest absolute Gasteiger partial charge is 0.0555 e. The van der Waals surface area contributed by atoms with Crippen LogP contribution in [-0.2, 0) is 0 Å². The summed E-state index contributed by atoms with van der Waals surface area (Å²) >= 11 is 1.90. The van der Waals surface area contributed by atoms with Gasteiger partial charge < -0.3 is 9.13 Å². The maximum absolute atomic E-state index is 2.43. The van der Waals surface area contributed by atoms with Crippen LogP contribution in [0.25, 0.3) is 86.3 Å². The zero-order chi connectivity index (χ0) is 29.5. The van der Waals surface area contributed by atoms with Crippen LogP contribution in [0.2, 0.25) is 0 Å². The van der Waals surface area contributed by atoms with Crippen molar-refractivity contribution in [3.63, 3.8) is 0 Å². The molecule has 0 fully saturated rings. The molecule has 210 valence electrons. The first-order valence-electron chi connectivity index (χ1n) is 15.4. The molecule has 0 atom stereocenters.